The molecule has 4 rings (SSSR count). The van der Waals surface area contributed by atoms with Crippen molar-refractivity contribution in [2.45, 2.75) is 32.4 Å². The van der Waals surface area contributed by atoms with Crippen LogP contribution in [0.3, 0.4) is 0 Å². The van der Waals surface area contributed by atoms with Gasteiger partial charge in [0.2, 0.25) is 5.91 Å². The Labute approximate surface area is 243 Å². The van der Waals surface area contributed by atoms with Crippen molar-refractivity contribution in [3.05, 3.63) is 105 Å². The number of benzene rings is 2. The molecule has 212 valence electrons. The van der Waals surface area contributed by atoms with Crippen molar-refractivity contribution in [3.63, 3.8) is 0 Å². The second kappa shape index (κ2) is 12.6. The number of aryl methyl sites for hydroxylation is 1. The molecule has 7 nitrogen and oxygen atoms in total. The van der Waals surface area contributed by atoms with Gasteiger partial charge in [0.1, 0.15) is 5.76 Å². The molecular formula is C29H24ClF3N4O3S. The zero-order chi connectivity index (χ0) is 29.7. The summed E-state index contributed by atoms with van der Waals surface area (Å²) in [5.74, 6) is -1.84. The van der Waals surface area contributed by atoms with Crippen LogP contribution in [0.1, 0.15) is 36.7 Å². The van der Waals surface area contributed by atoms with Gasteiger partial charge in [-0.1, -0.05) is 42.4 Å². The number of amides is 2. The average molecular weight is 601 g/mol. The molecule has 1 aliphatic heterocycles. The summed E-state index contributed by atoms with van der Waals surface area (Å²) in [4.78, 5) is 26.1. The number of hydrogen-bond donors (Lipinski definition) is 3. The number of carbonyl (C=O) groups is 2. The van der Waals surface area contributed by atoms with Crippen molar-refractivity contribution in [3.8, 4) is 6.07 Å². The van der Waals surface area contributed by atoms with Gasteiger partial charge in [0.05, 0.1) is 56.5 Å². The number of dihydropyridines is 1. The van der Waals surface area contributed by atoms with Crippen LogP contribution in [0.2, 0.25) is 5.02 Å². The fraction of sp³-hybridized carbons (Fsp3) is 0.207. The fourth-order valence-corrected chi connectivity index (χ4v) is 5.27. The van der Waals surface area contributed by atoms with Gasteiger partial charge in [-0.3, -0.25) is 9.59 Å². The SMILES string of the molecule is CCc1ccc(NC(=O)CSC2=C(C#N)C(c3ccco3)C(C(=O)Nc3cc(C(F)(F)F)ccc3Cl)=C(C)N2)cc1. The van der Waals surface area contributed by atoms with E-state index >= 15 is 0 Å². The highest BCUT2D eigenvalue weighted by Crippen LogP contribution is 2.42. The number of anilines is 2. The number of thioether (sulfide) groups is 1. The number of halogens is 4. The highest BCUT2D eigenvalue weighted by Gasteiger charge is 2.37. The lowest BCUT2D eigenvalue weighted by molar-refractivity contribution is -0.137. The molecule has 3 N–H and O–H groups in total. The second-order valence-electron chi connectivity index (χ2n) is 9.00. The highest BCUT2D eigenvalue weighted by atomic mass is 35.5. The standard InChI is InChI=1S/C29H24ClF3N4O3S/c1-3-17-6-9-19(10-7-17)36-24(38)15-41-28-20(14-34)26(23-5-4-12-40-23)25(16(2)35-28)27(39)37-22-13-18(29(31,32)33)8-11-21(22)30/h4-13,26,35H,3,15H2,1-2H3,(H,36,38)(H,37,39). The maximum atomic E-state index is 13.5. The third kappa shape index (κ3) is 6.96. The molecule has 2 amide bonds. The van der Waals surface area contributed by atoms with Crippen LogP contribution < -0.4 is 16.0 Å². The van der Waals surface area contributed by atoms with Crippen molar-refractivity contribution in [1.29, 1.82) is 5.26 Å². The predicted molar refractivity (Wildman–Crippen MR) is 152 cm³/mol. The summed E-state index contributed by atoms with van der Waals surface area (Å²) in [5, 5.41) is 18.6. The van der Waals surface area contributed by atoms with E-state index in [9.17, 15) is 28.0 Å². The molecule has 0 fully saturated rings. The molecule has 0 aliphatic carbocycles. The van der Waals surface area contributed by atoms with Gasteiger partial charge >= 0.3 is 6.18 Å². The van der Waals surface area contributed by atoms with E-state index in [1.165, 1.54) is 6.26 Å². The van der Waals surface area contributed by atoms with Gasteiger partial charge in [-0.25, -0.2) is 0 Å². The molecule has 1 atom stereocenters. The van der Waals surface area contributed by atoms with Crippen LogP contribution in [0.4, 0.5) is 24.5 Å². The maximum absolute atomic E-state index is 13.5. The van der Waals surface area contributed by atoms with Crippen LogP contribution in [0.15, 0.2) is 87.1 Å². The van der Waals surface area contributed by atoms with E-state index in [0.29, 0.717) is 16.4 Å². The Morgan fingerprint density at radius 3 is 2.49 bits per heavy atom. The van der Waals surface area contributed by atoms with Gasteiger partial charge in [0, 0.05) is 11.4 Å². The molecule has 1 aromatic heterocycles. The van der Waals surface area contributed by atoms with Gasteiger partial charge in [0.15, 0.2) is 0 Å². The number of nitriles is 1. The Bertz CT molecular complexity index is 1560. The molecule has 0 saturated heterocycles. The first-order valence-electron chi connectivity index (χ1n) is 12.4. The molecule has 0 bridgehead atoms. The molecule has 12 heteroatoms. The van der Waals surface area contributed by atoms with Crippen molar-refractivity contribution < 1.29 is 27.2 Å². The molecular weight excluding hydrogens is 577 g/mol. The third-order valence-electron chi connectivity index (χ3n) is 6.26. The highest BCUT2D eigenvalue weighted by molar-refractivity contribution is 8.03. The minimum atomic E-state index is -4.64. The number of nitrogens with one attached hydrogen (secondary N) is 3. The van der Waals surface area contributed by atoms with Crippen LogP contribution in [0.25, 0.3) is 0 Å². The summed E-state index contributed by atoms with van der Waals surface area (Å²) < 4.78 is 45.3. The number of carbonyl (C=O) groups excluding carboxylic acids is 2. The van der Waals surface area contributed by atoms with Crippen LogP contribution in [0.5, 0.6) is 0 Å². The Hall–Kier alpha value is -4.14. The number of rotatable bonds is 8. The molecule has 0 radical (unpaired) electrons. The van der Waals surface area contributed by atoms with Gasteiger partial charge in [-0.05, 0) is 61.4 Å². The van der Waals surface area contributed by atoms with E-state index in [1.54, 1.807) is 19.1 Å². The number of hydrogen-bond acceptors (Lipinski definition) is 6. The molecule has 3 aromatic rings. The topological polar surface area (TPSA) is 107 Å². The van der Waals surface area contributed by atoms with Crippen LogP contribution in [0, 0.1) is 11.3 Å². The zero-order valence-corrected chi connectivity index (χ0v) is 23.4. The normalized spacial score (nSPS) is 15.3. The smallest absolute Gasteiger partial charge is 0.416 e. The molecule has 0 spiro atoms. The van der Waals surface area contributed by atoms with E-state index < -0.39 is 23.6 Å². The number of alkyl halides is 3. The lowest BCUT2D eigenvalue weighted by atomic mass is 9.85. The second-order valence-corrected chi connectivity index (χ2v) is 10.4. The van der Waals surface area contributed by atoms with E-state index in [4.69, 9.17) is 16.0 Å². The largest absolute Gasteiger partial charge is 0.468 e. The van der Waals surface area contributed by atoms with Crippen molar-refractivity contribution in [2.24, 2.45) is 0 Å². The Morgan fingerprint density at radius 2 is 1.88 bits per heavy atom. The molecule has 2 aromatic carbocycles. The van der Waals surface area contributed by atoms with Gasteiger partial charge in [0.25, 0.3) is 5.91 Å². The van der Waals surface area contributed by atoms with Gasteiger partial charge < -0.3 is 20.4 Å². The van der Waals surface area contributed by atoms with Crippen molar-refractivity contribution in [2.75, 3.05) is 16.4 Å². The Kier molecular flexibility index (Phi) is 9.15. The van der Waals surface area contributed by atoms with Crippen LogP contribution in [-0.4, -0.2) is 17.6 Å². The lowest BCUT2D eigenvalue weighted by Gasteiger charge is -2.28. The number of nitrogens with zero attached hydrogens (tertiary/aromatic N) is 1. The molecule has 2 heterocycles. The van der Waals surface area contributed by atoms with E-state index in [2.05, 4.69) is 22.0 Å². The van der Waals surface area contributed by atoms with Gasteiger partial charge in [-0.15, -0.1) is 0 Å². The van der Waals surface area contributed by atoms with Crippen LogP contribution in [-0.2, 0) is 22.2 Å². The first kappa shape index (κ1) is 29.8. The summed E-state index contributed by atoms with van der Waals surface area (Å²) in [6, 6.07) is 15.3. The van der Waals surface area contributed by atoms with E-state index in [-0.39, 0.29) is 39.3 Å². The first-order chi connectivity index (χ1) is 19.5. The van der Waals surface area contributed by atoms with Gasteiger partial charge in [-0.2, -0.15) is 18.4 Å². The zero-order valence-electron chi connectivity index (χ0n) is 21.9. The summed E-state index contributed by atoms with van der Waals surface area (Å²) in [6.07, 6.45) is -2.39. The summed E-state index contributed by atoms with van der Waals surface area (Å²) in [7, 11) is 0. The maximum Gasteiger partial charge on any atom is 0.416 e. The molecule has 1 unspecified atom stereocenters. The summed E-state index contributed by atoms with van der Waals surface area (Å²) >= 11 is 7.16. The Morgan fingerprint density at radius 1 is 1.15 bits per heavy atom. The van der Waals surface area contributed by atoms with Crippen molar-refractivity contribution >= 4 is 46.6 Å². The van der Waals surface area contributed by atoms with E-state index in [0.717, 1.165) is 41.9 Å². The predicted octanol–water partition coefficient (Wildman–Crippen LogP) is 7.22. The third-order valence-corrected chi connectivity index (χ3v) is 7.60. The first-order valence-corrected chi connectivity index (χ1v) is 13.7. The fourth-order valence-electron chi connectivity index (χ4n) is 4.21. The molecule has 0 saturated carbocycles. The van der Waals surface area contributed by atoms with Crippen LogP contribution >= 0.6 is 23.4 Å². The quantitative estimate of drug-likeness (QED) is 0.252. The molecule has 1 aliphatic rings. The summed E-state index contributed by atoms with van der Waals surface area (Å²) in [6.45, 7) is 3.62. The van der Waals surface area contributed by atoms with Crippen molar-refractivity contribution in [1.82, 2.24) is 5.32 Å². The Balaban J connectivity index is 1.59. The average Bonchev–Trinajstić information content (AvgIpc) is 3.47. The molecule has 41 heavy (non-hydrogen) atoms. The summed E-state index contributed by atoms with van der Waals surface area (Å²) in [5.41, 5.74) is 1.03. The lowest BCUT2D eigenvalue weighted by Crippen LogP contribution is -2.31. The monoisotopic (exact) mass is 600 g/mol. The van der Waals surface area contributed by atoms with E-state index in [1.807, 2.05) is 31.2 Å². The minimum Gasteiger partial charge on any atom is -0.468 e. The number of allylic oxidation sites excluding steroid dienone is 2. The number of furan rings is 1. The minimum absolute atomic E-state index is 0.0391.